The summed E-state index contributed by atoms with van der Waals surface area (Å²) in [5.41, 5.74) is 2.45. The zero-order chi connectivity index (χ0) is 13.5. The molecule has 2 rings (SSSR count). The second kappa shape index (κ2) is 7.04. The third-order valence-corrected chi connectivity index (χ3v) is 3.22. The summed E-state index contributed by atoms with van der Waals surface area (Å²) in [6.45, 7) is 3.13. The number of nitrogens with one attached hydrogen (secondary N) is 1. The zero-order valence-corrected chi connectivity index (χ0v) is 11.7. The van der Waals surface area contributed by atoms with Crippen LogP contribution in [0, 0.1) is 0 Å². The van der Waals surface area contributed by atoms with E-state index in [-0.39, 0.29) is 0 Å². The van der Waals surface area contributed by atoms with Crippen LogP contribution in [0.25, 0.3) is 0 Å². The van der Waals surface area contributed by atoms with E-state index in [1.165, 1.54) is 5.56 Å². The first-order valence-electron chi connectivity index (χ1n) is 6.90. The van der Waals surface area contributed by atoms with Gasteiger partial charge in [-0.1, -0.05) is 42.5 Å². The van der Waals surface area contributed by atoms with Gasteiger partial charge in [0.1, 0.15) is 0 Å². The molecule has 1 N–H and O–H groups in total. The van der Waals surface area contributed by atoms with Gasteiger partial charge in [-0.3, -0.25) is 4.68 Å². The Morgan fingerprint density at radius 1 is 1.26 bits per heavy atom. The van der Waals surface area contributed by atoms with Gasteiger partial charge < -0.3 is 5.32 Å². The fourth-order valence-electron chi connectivity index (χ4n) is 2.29. The molecule has 0 saturated carbocycles. The lowest BCUT2D eigenvalue weighted by Gasteiger charge is -2.16. The third kappa shape index (κ3) is 4.48. The smallest absolute Gasteiger partial charge is 0.0842 e. The van der Waals surface area contributed by atoms with E-state index in [2.05, 4.69) is 52.9 Å². The zero-order valence-electron chi connectivity index (χ0n) is 11.7. The van der Waals surface area contributed by atoms with Crippen LogP contribution in [-0.4, -0.2) is 27.6 Å². The molecule has 4 nitrogen and oxygen atoms in total. The summed E-state index contributed by atoms with van der Waals surface area (Å²) in [6, 6.07) is 11.1. The van der Waals surface area contributed by atoms with Crippen molar-refractivity contribution in [2.24, 2.45) is 7.05 Å². The largest absolute Gasteiger partial charge is 0.314 e. The van der Waals surface area contributed by atoms with Crippen molar-refractivity contribution in [3.05, 3.63) is 47.8 Å². The van der Waals surface area contributed by atoms with Crippen molar-refractivity contribution < 1.29 is 0 Å². The number of likely N-dealkylation sites (N-methyl/N-ethyl adjacent to an activating group) is 1. The van der Waals surface area contributed by atoms with Crippen molar-refractivity contribution in [2.45, 2.75) is 32.2 Å². The molecule has 1 heterocycles. The van der Waals surface area contributed by atoms with E-state index in [4.69, 9.17) is 0 Å². The summed E-state index contributed by atoms with van der Waals surface area (Å²) >= 11 is 0. The molecule has 4 heteroatoms. The Balaban J connectivity index is 1.89. The molecule has 1 unspecified atom stereocenters. The Morgan fingerprint density at radius 2 is 2.05 bits per heavy atom. The Bertz CT molecular complexity index is 478. The van der Waals surface area contributed by atoms with E-state index in [9.17, 15) is 0 Å². The first-order chi connectivity index (χ1) is 9.28. The van der Waals surface area contributed by atoms with Crippen molar-refractivity contribution in [1.29, 1.82) is 0 Å². The topological polar surface area (TPSA) is 42.7 Å². The first-order valence-corrected chi connectivity index (χ1v) is 6.90. The lowest BCUT2D eigenvalue weighted by atomic mass is 10.0. The first kappa shape index (κ1) is 13.7. The van der Waals surface area contributed by atoms with Gasteiger partial charge in [0.05, 0.1) is 5.69 Å². The van der Waals surface area contributed by atoms with E-state index in [0.717, 1.165) is 31.5 Å². The highest BCUT2D eigenvalue weighted by Gasteiger charge is 2.10. The summed E-state index contributed by atoms with van der Waals surface area (Å²) in [6.07, 6.45) is 5.15. The molecule has 0 bridgehead atoms. The van der Waals surface area contributed by atoms with E-state index < -0.39 is 0 Å². The van der Waals surface area contributed by atoms with Crippen molar-refractivity contribution >= 4 is 0 Å². The number of rotatable bonds is 7. The van der Waals surface area contributed by atoms with Crippen LogP contribution in [0.4, 0.5) is 0 Å². The average molecular weight is 258 g/mol. The highest BCUT2D eigenvalue weighted by atomic mass is 15.4. The molecular formula is C15H22N4. The van der Waals surface area contributed by atoms with Gasteiger partial charge in [-0.2, -0.15) is 0 Å². The minimum absolute atomic E-state index is 0.460. The van der Waals surface area contributed by atoms with Gasteiger partial charge in [0.25, 0.3) is 0 Å². The van der Waals surface area contributed by atoms with Crippen molar-refractivity contribution in [2.75, 3.05) is 6.54 Å². The second-order valence-corrected chi connectivity index (χ2v) is 4.87. The molecule has 0 aliphatic heterocycles. The Kier molecular flexibility index (Phi) is 5.10. The van der Waals surface area contributed by atoms with Crippen molar-refractivity contribution in [3.8, 4) is 0 Å². The Morgan fingerprint density at radius 3 is 2.68 bits per heavy atom. The normalized spacial score (nSPS) is 12.5. The standard InChI is InChI=1S/C15H22N4/c1-3-16-14(11-15-12-19(2)18-17-15)10-9-13-7-5-4-6-8-13/h4-8,12,14,16H,3,9-11H2,1-2H3. The molecule has 1 aromatic heterocycles. The summed E-state index contributed by atoms with van der Waals surface area (Å²) < 4.78 is 1.76. The molecule has 0 amide bonds. The van der Waals surface area contributed by atoms with Gasteiger partial charge in [-0.25, -0.2) is 0 Å². The summed E-state index contributed by atoms with van der Waals surface area (Å²) in [5.74, 6) is 0. The van der Waals surface area contributed by atoms with Gasteiger partial charge >= 0.3 is 0 Å². The van der Waals surface area contributed by atoms with Crippen molar-refractivity contribution in [1.82, 2.24) is 20.3 Å². The fraction of sp³-hybridized carbons (Fsp3) is 0.467. The quantitative estimate of drug-likeness (QED) is 0.825. The fourth-order valence-corrected chi connectivity index (χ4v) is 2.29. The number of hydrogen-bond donors (Lipinski definition) is 1. The van der Waals surface area contributed by atoms with Crippen LogP contribution < -0.4 is 5.32 Å². The minimum Gasteiger partial charge on any atom is -0.314 e. The van der Waals surface area contributed by atoms with Gasteiger partial charge in [-0.15, -0.1) is 5.10 Å². The Hall–Kier alpha value is -1.68. The third-order valence-electron chi connectivity index (χ3n) is 3.22. The summed E-state index contributed by atoms with van der Waals surface area (Å²) in [7, 11) is 1.91. The predicted molar refractivity (Wildman–Crippen MR) is 76.9 cm³/mol. The van der Waals surface area contributed by atoms with Crippen molar-refractivity contribution in [3.63, 3.8) is 0 Å². The summed E-state index contributed by atoms with van der Waals surface area (Å²) in [4.78, 5) is 0. The number of aryl methyl sites for hydroxylation is 2. The molecule has 1 aromatic carbocycles. The molecular weight excluding hydrogens is 236 g/mol. The van der Waals surface area contributed by atoms with Crippen LogP contribution in [0.2, 0.25) is 0 Å². The van der Waals surface area contributed by atoms with Crippen LogP contribution in [0.15, 0.2) is 36.5 Å². The molecule has 0 saturated heterocycles. The van der Waals surface area contributed by atoms with Crippen LogP contribution in [0.5, 0.6) is 0 Å². The van der Waals surface area contributed by atoms with Gasteiger partial charge in [0, 0.05) is 25.7 Å². The number of hydrogen-bond acceptors (Lipinski definition) is 3. The van der Waals surface area contributed by atoms with Crippen LogP contribution in [0.3, 0.4) is 0 Å². The average Bonchev–Trinajstić information content (AvgIpc) is 2.83. The van der Waals surface area contributed by atoms with Crippen LogP contribution in [0.1, 0.15) is 24.6 Å². The lowest BCUT2D eigenvalue weighted by Crippen LogP contribution is -2.31. The maximum atomic E-state index is 4.17. The number of benzene rings is 1. The maximum absolute atomic E-state index is 4.17. The van der Waals surface area contributed by atoms with E-state index >= 15 is 0 Å². The van der Waals surface area contributed by atoms with Crippen LogP contribution in [-0.2, 0) is 19.9 Å². The van der Waals surface area contributed by atoms with Crippen LogP contribution >= 0.6 is 0 Å². The van der Waals surface area contributed by atoms with E-state index in [1.807, 2.05) is 13.2 Å². The monoisotopic (exact) mass is 258 g/mol. The molecule has 2 aromatic rings. The van der Waals surface area contributed by atoms with E-state index in [1.54, 1.807) is 4.68 Å². The number of nitrogens with zero attached hydrogens (tertiary/aromatic N) is 3. The van der Waals surface area contributed by atoms with Gasteiger partial charge in [-0.05, 0) is 24.9 Å². The molecule has 0 fully saturated rings. The molecule has 0 aliphatic carbocycles. The molecule has 1 atom stereocenters. The molecule has 0 radical (unpaired) electrons. The number of aromatic nitrogens is 3. The summed E-state index contributed by atoms with van der Waals surface area (Å²) in [5, 5.41) is 11.7. The molecule has 102 valence electrons. The highest BCUT2D eigenvalue weighted by molar-refractivity contribution is 5.15. The van der Waals surface area contributed by atoms with Gasteiger partial charge in [0.2, 0.25) is 0 Å². The lowest BCUT2D eigenvalue weighted by molar-refractivity contribution is 0.486. The Labute approximate surface area is 114 Å². The molecule has 19 heavy (non-hydrogen) atoms. The van der Waals surface area contributed by atoms with Gasteiger partial charge in [0.15, 0.2) is 0 Å². The predicted octanol–water partition coefficient (Wildman–Crippen LogP) is 1.97. The molecule has 0 spiro atoms. The maximum Gasteiger partial charge on any atom is 0.0842 e. The second-order valence-electron chi connectivity index (χ2n) is 4.87. The SMILES string of the molecule is CCNC(CCc1ccccc1)Cc1cn(C)nn1. The highest BCUT2D eigenvalue weighted by Crippen LogP contribution is 2.08. The van der Waals surface area contributed by atoms with E-state index in [0.29, 0.717) is 6.04 Å². The molecule has 0 aliphatic rings. The minimum atomic E-state index is 0.460.